The van der Waals surface area contributed by atoms with Crippen LogP contribution in [0.15, 0.2) is 11.6 Å². The number of hydrogen-bond donors (Lipinski definition) is 0. The quantitative estimate of drug-likeness (QED) is 0.460. The first-order valence-electron chi connectivity index (χ1n) is 7.73. The molecule has 0 aliphatic heterocycles. The highest BCUT2D eigenvalue weighted by Crippen LogP contribution is 2.24. The molecule has 0 aliphatic carbocycles. The van der Waals surface area contributed by atoms with Crippen molar-refractivity contribution in [3.05, 3.63) is 27.0 Å². The Morgan fingerprint density at radius 2 is 1.84 bits per heavy atom. The lowest BCUT2D eigenvalue weighted by Gasteiger charge is -2.05. The van der Waals surface area contributed by atoms with Crippen molar-refractivity contribution in [2.75, 3.05) is 0 Å². The Balaban J connectivity index is 2.24. The highest BCUT2D eigenvalue weighted by molar-refractivity contribution is 7.13. The molecule has 0 unspecified atom stereocenters. The Labute approximate surface area is 123 Å². The van der Waals surface area contributed by atoms with Gasteiger partial charge in [0, 0.05) is 9.75 Å². The minimum Gasteiger partial charge on any atom is -0.141 e. The van der Waals surface area contributed by atoms with Crippen LogP contribution >= 0.6 is 11.3 Å². The normalized spacial score (nSPS) is 12.4. The average Bonchev–Trinajstić information content (AvgIpc) is 2.62. The molecule has 0 nitrogen and oxygen atoms in total. The fourth-order valence-corrected chi connectivity index (χ4v) is 3.47. The van der Waals surface area contributed by atoms with Gasteiger partial charge in [0.2, 0.25) is 0 Å². The fraction of sp³-hybridized carbons (Fsp3) is 0.667. The second-order valence-electron chi connectivity index (χ2n) is 6.24. The van der Waals surface area contributed by atoms with Crippen LogP contribution in [-0.2, 0) is 0 Å². The molecular formula is C18H30S. The average molecular weight is 279 g/mol. The predicted molar refractivity (Wildman–Crippen MR) is 90.0 cm³/mol. The minimum absolute atomic E-state index is 0.867. The maximum absolute atomic E-state index is 2.39. The summed E-state index contributed by atoms with van der Waals surface area (Å²) in [4.78, 5) is 2.88. The minimum atomic E-state index is 0.867. The van der Waals surface area contributed by atoms with Crippen LogP contribution in [0.2, 0.25) is 0 Å². The van der Waals surface area contributed by atoms with Gasteiger partial charge in [-0.2, -0.15) is 0 Å². The number of thiophene rings is 1. The molecule has 0 aliphatic rings. The van der Waals surface area contributed by atoms with Gasteiger partial charge in [0.05, 0.1) is 0 Å². The molecular weight excluding hydrogens is 248 g/mol. The Kier molecular flexibility index (Phi) is 7.45. The molecule has 0 N–H and O–H groups in total. The van der Waals surface area contributed by atoms with E-state index in [2.05, 4.69) is 46.8 Å². The van der Waals surface area contributed by atoms with Crippen molar-refractivity contribution in [3.63, 3.8) is 0 Å². The Hall–Kier alpha value is -0.560. The van der Waals surface area contributed by atoms with Crippen LogP contribution in [0.5, 0.6) is 0 Å². The first-order chi connectivity index (χ1) is 8.99. The first-order valence-corrected chi connectivity index (χ1v) is 8.55. The number of aryl methyl sites for hydroxylation is 2. The van der Waals surface area contributed by atoms with E-state index >= 15 is 0 Å². The molecule has 0 fully saturated rings. The zero-order valence-electron chi connectivity index (χ0n) is 13.4. The fourth-order valence-electron chi connectivity index (χ4n) is 2.41. The van der Waals surface area contributed by atoms with E-state index in [1.165, 1.54) is 59.4 Å². The standard InChI is InChI=1S/C18H30S/c1-14(2)10-8-6-7-9-11-15(3)12-18-16(4)13-17(5)19-18/h12-14H,6-11H2,1-5H3/b15-12+. The molecule has 1 rings (SSSR count). The Morgan fingerprint density at radius 3 is 2.42 bits per heavy atom. The molecule has 0 saturated carbocycles. The van der Waals surface area contributed by atoms with Gasteiger partial charge in [0.1, 0.15) is 0 Å². The van der Waals surface area contributed by atoms with E-state index in [0.29, 0.717) is 0 Å². The van der Waals surface area contributed by atoms with Crippen LogP contribution in [0.4, 0.5) is 0 Å². The third kappa shape index (κ3) is 6.96. The maximum atomic E-state index is 2.39. The highest BCUT2D eigenvalue weighted by Gasteiger charge is 2.01. The summed E-state index contributed by atoms with van der Waals surface area (Å²) in [6, 6.07) is 2.29. The van der Waals surface area contributed by atoms with Gasteiger partial charge in [-0.3, -0.25) is 0 Å². The number of allylic oxidation sites excluding steroid dienone is 1. The zero-order chi connectivity index (χ0) is 14.3. The van der Waals surface area contributed by atoms with E-state index < -0.39 is 0 Å². The van der Waals surface area contributed by atoms with Crippen molar-refractivity contribution in [2.45, 2.75) is 73.1 Å². The summed E-state index contributed by atoms with van der Waals surface area (Å²) in [7, 11) is 0. The van der Waals surface area contributed by atoms with Gasteiger partial charge in [0.25, 0.3) is 0 Å². The lowest BCUT2D eigenvalue weighted by atomic mass is 10.0. The van der Waals surface area contributed by atoms with E-state index in [-0.39, 0.29) is 0 Å². The molecule has 0 atom stereocenters. The topological polar surface area (TPSA) is 0 Å². The van der Waals surface area contributed by atoms with E-state index in [4.69, 9.17) is 0 Å². The van der Waals surface area contributed by atoms with Crippen LogP contribution in [0.3, 0.4) is 0 Å². The van der Waals surface area contributed by atoms with Crippen LogP contribution in [0, 0.1) is 19.8 Å². The van der Waals surface area contributed by atoms with E-state index in [9.17, 15) is 0 Å². The molecule has 1 heterocycles. The Morgan fingerprint density at radius 1 is 1.16 bits per heavy atom. The second kappa shape index (κ2) is 8.58. The van der Waals surface area contributed by atoms with E-state index in [1.54, 1.807) is 0 Å². The van der Waals surface area contributed by atoms with Gasteiger partial charge in [-0.15, -0.1) is 11.3 Å². The molecule has 0 amide bonds. The molecule has 0 bridgehead atoms. The summed E-state index contributed by atoms with van der Waals surface area (Å²) in [6.45, 7) is 11.3. The first kappa shape index (κ1) is 16.5. The molecule has 1 aromatic heterocycles. The molecule has 0 spiro atoms. The van der Waals surface area contributed by atoms with Crippen LogP contribution in [0.1, 0.15) is 74.6 Å². The predicted octanol–water partition coefficient (Wildman–Crippen LogP) is 6.76. The second-order valence-corrected chi connectivity index (χ2v) is 7.53. The summed E-state index contributed by atoms with van der Waals surface area (Å²) in [5, 5.41) is 0. The van der Waals surface area contributed by atoms with Crippen LogP contribution in [0.25, 0.3) is 6.08 Å². The van der Waals surface area contributed by atoms with Crippen molar-refractivity contribution >= 4 is 17.4 Å². The smallest absolute Gasteiger partial charge is 0.0301 e. The zero-order valence-corrected chi connectivity index (χ0v) is 14.2. The monoisotopic (exact) mass is 278 g/mol. The maximum Gasteiger partial charge on any atom is 0.0301 e. The molecule has 0 radical (unpaired) electrons. The van der Waals surface area contributed by atoms with Gasteiger partial charge in [0.15, 0.2) is 0 Å². The van der Waals surface area contributed by atoms with Crippen molar-refractivity contribution in [1.82, 2.24) is 0 Å². The summed E-state index contributed by atoms with van der Waals surface area (Å²) in [6.07, 6.45) is 10.6. The third-order valence-corrected chi connectivity index (χ3v) is 4.66. The molecule has 108 valence electrons. The van der Waals surface area contributed by atoms with E-state index in [0.717, 1.165) is 5.92 Å². The molecule has 0 aromatic carbocycles. The molecule has 1 heteroatoms. The van der Waals surface area contributed by atoms with Crippen molar-refractivity contribution in [2.24, 2.45) is 5.92 Å². The van der Waals surface area contributed by atoms with Gasteiger partial charge in [-0.25, -0.2) is 0 Å². The van der Waals surface area contributed by atoms with E-state index in [1.807, 2.05) is 11.3 Å². The summed E-state index contributed by atoms with van der Waals surface area (Å²) in [5.41, 5.74) is 2.97. The Bertz CT molecular complexity index is 396. The summed E-state index contributed by atoms with van der Waals surface area (Å²) in [5.74, 6) is 0.867. The highest BCUT2D eigenvalue weighted by atomic mass is 32.1. The van der Waals surface area contributed by atoms with Gasteiger partial charge in [-0.1, -0.05) is 45.1 Å². The number of hydrogen-bond acceptors (Lipinski definition) is 1. The molecule has 1 aromatic rings. The summed E-state index contributed by atoms with van der Waals surface area (Å²) >= 11 is 1.92. The van der Waals surface area contributed by atoms with Crippen LogP contribution in [-0.4, -0.2) is 0 Å². The summed E-state index contributed by atoms with van der Waals surface area (Å²) < 4.78 is 0. The lowest BCUT2D eigenvalue weighted by Crippen LogP contribution is -1.87. The van der Waals surface area contributed by atoms with Gasteiger partial charge < -0.3 is 0 Å². The third-order valence-electron chi connectivity index (χ3n) is 3.56. The number of rotatable bonds is 8. The van der Waals surface area contributed by atoms with Crippen molar-refractivity contribution < 1.29 is 0 Å². The SMILES string of the molecule is C/C(=C\c1sc(C)cc1C)CCCCCCC(C)C. The van der Waals surface area contributed by atoms with Gasteiger partial charge >= 0.3 is 0 Å². The van der Waals surface area contributed by atoms with Crippen LogP contribution < -0.4 is 0 Å². The van der Waals surface area contributed by atoms with Crippen molar-refractivity contribution in [3.8, 4) is 0 Å². The largest absolute Gasteiger partial charge is 0.141 e. The molecule has 19 heavy (non-hydrogen) atoms. The lowest BCUT2D eigenvalue weighted by molar-refractivity contribution is 0.520. The van der Waals surface area contributed by atoms with Crippen molar-refractivity contribution in [1.29, 1.82) is 0 Å². The molecule has 0 saturated heterocycles. The number of unbranched alkanes of at least 4 members (excludes halogenated alkanes) is 3. The van der Waals surface area contributed by atoms with Gasteiger partial charge in [-0.05, 0) is 57.2 Å².